The van der Waals surface area contributed by atoms with Gasteiger partial charge in [-0.3, -0.25) is 4.79 Å². The summed E-state index contributed by atoms with van der Waals surface area (Å²) in [5, 5.41) is 5.88. The van der Waals surface area contributed by atoms with E-state index < -0.39 is 0 Å². The summed E-state index contributed by atoms with van der Waals surface area (Å²) in [7, 11) is 0. The van der Waals surface area contributed by atoms with Crippen molar-refractivity contribution in [2.24, 2.45) is 5.73 Å². The van der Waals surface area contributed by atoms with E-state index in [9.17, 15) is 4.79 Å². The number of carbonyl (C=O) groups excluding carboxylic acids is 1. The van der Waals surface area contributed by atoms with Crippen LogP contribution in [0.1, 0.15) is 10.4 Å². The van der Waals surface area contributed by atoms with Gasteiger partial charge in [-0.2, -0.15) is 0 Å². The number of hydrogen-bond acceptors (Lipinski definition) is 4. The van der Waals surface area contributed by atoms with Crippen molar-refractivity contribution in [1.82, 2.24) is 10.6 Å². The maximum Gasteiger partial charge on any atom is 0.251 e. The van der Waals surface area contributed by atoms with E-state index in [0.29, 0.717) is 30.9 Å². The molecule has 0 spiro atoms. The van der Waals surface area contributed by atoms with E-state index in [4.69, 9.17) is 11.5 Å². The van der Waals surface area contributed by atoms with Crippen molar-refractivity contribution in [3.05, 3.63) is 29.8 Å². The number of amides is 1. The quantitative estimate of drug-likeness (QED) is 0.387. The summed E-state index contributed by atoms with van der Waals surface area (Å²) < 4.78 is 0. The van der Waals surface area contributed by atoms with Crippen molar-refractivity contribution in [2.45, 2.75) is 0 Å². The molecule has 0 saturated heterocycles. The van der Waals surface area contributed by atoms with E-state index in [-0.39, 0.29) is 5.91 Å². The van der Waals surface area contributed by atoms with E-state index in [1.54, 1.807) is 24.3 Å². The van der Waals surface area contributed by atoms with Crippen molar-refractivity contribution < 1.29 is 4.79 Å². The van der Waals surface area contributed by atoms with Gasteiger partial charge in [0.15, 0.2) is 0 Å². The summed E-state index contributed by atoms with van der Waals surface area (Å²) in [6.45, 7) is 2.65. The Morgan fingerprint density at radius 1 is 1.25 bits per heavy atom. The zero-order chi connectivity index (χ0) is 11.8. The normalized spacial score (nSPS) is 10.1. The number of rotatable bonds is 6. The summed E-state index contributed by atoms with van der Waals surface area (Å²) >= 11 is 0. The summed E-state index contributed by atoms with van der Waals surface area (Å²) in [6, 6.07) is 6.90. The Labute approximate surface area is 95.2 Å². The topological polar surface area (TPSA) is 93.2 Å². The van der Waals surface area contributed by atoms with Gasteiger partial charge in [0.1, 0.15) is 0 Å². The first kappa shape index (κ1) is 12.5. The van der Waals surface area contributed by atoms with Crippen molar-refractivity contribution in [3.63, 3.8) is 0 Å². The van der Waals surface area contributed by atoms with Crippen LogP contribution in [0.5, 0.6) is 0 Å². The van der Waals surface area contributed by atoms with Crippen LogP contribution in [0.3, 0.4) is 0 Å². The highest BCUT2D eigenvalue weighted by Crippen LogP contribution is 2.05. The molecule has 0 aliphatic carbocycles. The second-order valence-corrected chi connectivity index (χ2v) is 3.42. The molecule has 0 aromatic heterocycles. The van der Waals surface area contributed by atoms with Crippen molar-refractivity contribution >= 4 is 11.6 Å². The molecule has 0 bridgehead atoms. The van der Waals surface area contributed by atoms with Crippen LogP contribution in [-0.4, -0.2) is 32.1 Å². The van der Waals surface area contributed by atoms with Crippen LogP contribution < -0.4 is 22.1 Å². The van der Waals surface area contributed by atoms with Gasteiger partial charge in [0.2, 0.25) is 0 Å². The van der Waals surface area contributed by atoms with Crippen LogP contribution in [0.2, 0.25) is 0 Å². The number of nitrogens with two attached hydrogens (primary N) is 2. The summed E-state index contributed by atoms with van der Waals surface area (Å²) in [5.41, 5.74) is 12.1. The Kier molecular flexibility index (Phi) is 5.31. The van der Waals surface area contributed by atoms with Crippen molar-refractivity contribution in [1.29, 1.82) is 0 Å². The highest BCUT2D eigenvalue weighted by Gasteiger charge is 2.03. The lowest BCUT2D eigenvalue weighted by Gasteiger charge is -2.06. The zero-order valence-electron chi connectivity index (χ0n) is 9.20. The van der Waals surface area contributed by atoms with E-state index >= 15 is 0 Å². The molecule has 5 nitrogen and oxygen atoms in total. The maximum atomic E-state index is 11.6. The lowest BCUT2D eigenvalue weighted by Crippen LogP contribution is -2.33. The van der Waals surface area contributed by atoms with Crippen LogP contribution in [0, 0.1) is 0 Å². The fourth-order valence-corrected chi connectivity index (χ4v) is 1.27. The number of benzene rings is 1. The molecule has 0 aliphatic heterocycles. The molecule has 0 fully saturated rings. The molecule has 0 heterocycles. The Bertz CT molecular complexity index is 341. The van der Waals surface area contributed by atoms with Gasteiger partial charge in [-0.1, -0.05) is 6.07 Å². The average molecular weight is 222 g/mol. The van der Waals surface area contributed by atoms with Crippen LogP contribution in [-0.2, 0) is 0 Å². The first-order chi connectivity index (χ1) is 7.74. The molecule has 1 aromatic rings. The van der Waals surface area contributed by atoms with Crippen LogP contribution in [0.4, 0.5) is 5.69 Å². The Morgan fingerprint density at radius 2 is 2.06 bits per heavy atom. The third-order valence-corrected chi connectivity index (χ3v) is 2.06. The lowest BCUT2D eigenvalue weighted by atomic mass is 10.2. The molecule has 88 valence electrons. The molecule has 1 rings (SSSR count). The zero-order valence-corrected chi connectivity index (χ0v) is 9.20. The lowest BCUT2D eigenvalue weighted by molar-refractivity contribution is 0.0954. The van der Waals surface area contributed by atoms with Crippen molar-refractivity contribution in [2.75, 3.05) is 31.9 Å². The second kappa shape index (κ2) is 6.81. The number of nitrogen functional groups attached to an aromatic ring is 1. The SMILES string of the molecule is NCCNCCNC(=O)c1cccc(N)c1. The highest BCUT2D eigenvalue weighted by atomic mass is 16.1. The Morgan fingerprint density at radius 3 is 2.75 bits per heavy atom. The standard InChI is InChI=1S/C11H18N4O/c12-4-5-14-6-7-15-11(16)9-2-1-3-10(13)8-9/h1-3,8,14H,4-7,12-13H2,(H,15,16). The predicted octanol–water partition coefficient (Wildman–Crippen LogP) is -0.453. The third kappa shape index (κ3) is 4.29. The van der Waals surface area contributed by atoms with Gasteiger partial charge < -0.3 is 22.1 Å². The molecule has 16 heavy (non-hydrogen) atoms. The van der Waals surface area contributed by atoms with E-state index in [0.717, 1.165) is 6.54 Å². The smallest absolute Gasteiger partial charge is 0.251 e. The molecule has 1 aromatic carbocycles. The fourth-order valence-electron chi connectivity index (χ4n) is 1.27. The largest absolute Gasteiger partial charge is 0.399 e. The van der Waals surface area contributed by atoms with Gasteiger partial charge in [-0.15, -0.1) is 0 Å². The van der Waals surface area contributed by atoms with Gasteiger partial charge in [0, 0.05) is 37.4 Å². The predicted molar refractivity (Wildman–Crippen MR) is 65.1 cm³/mol. The number of carbonyl (C=O) groups is 1. The van der Waals surface area contributed by atoms with Gasteiger partial charge >= 0.3 is 0 Å². The summed E-state index contributed by atoms with van der Waals surface area (Å²) in [6.07, 6.45) is 0. The minimum absolute atomic E-state index is 0.109. The third-order valence-electron chi connectivity index (χ3n) is 2.06. The number of hydrogen-bond donors (Lipinski definition) is 4. The van der Waals surface area contributed by atoms with Crippen molar-refractivity contribution in [3.8, 4) is 0 Å². The van der Waals surface area contributed by atoms with E-state index in [2.05, 4.69) is 10.6 Å². The maximum absolute atomic E-state index is 11.6. The number of anilines is 1. The summed E-state index contributed by atoms with van der Waals surface area (Å²) in [4.78, 5) is 11.6. The molecule has 0 unspecified atom stereocenters. The molecule has 6 N–H and O–H groups in total. The molecule has 0 saturated carbocycles. The fraction of sp³-hybridized carbons (Fsp3) is 0.364. The van der Waals surface area contributed by atoms with E-state index in [1.807, 2.05) is 0 Å². The van der Waals surface area contributed by atoms with Gasteiger partial charge in [-0.25, -0.2) is 0 Å². The molecule has 1 amide bonds. The Balaban J connectivity index is 2.30. The first-order valence-corrected chi connectivity index (χ1v) is 5.28. The molecule has 0 atom stereocenters. The minimum Gasteiger partial charge on any atom is -0.399 e. The summed E-state index contributed by atoms with van der Waals surface area (Å²) in [5.74, 6) is -0.109. The van der Waals surface area contributed by atoms with Gasteiger partial charge in [0.05, 0.1) is 0 Å². The van der Waals surface area contributed by atoms with Gasteiger partial charge in [0.25, 0.3) is 5.91 Å². The highest BCUT2D eigenvalue weighted by molar-refractivity contribution is 5.94. The Hall–Kier alpha value is -1.59. The average Bonchev–Trinajstić information content (AvgIpc) is 2.28. The molecule has 0 radical (unpaired) electrons. The second-order valence-electron chi connectivity index (χ2n) is 3.42. The van der Waals surface area contributed by atoms with Crippen LogP contribution in [0.25, 0.3) is 0 Å². The monoisotopic (exact) mass is 222 g/mol. The number of nitrogens with one attached hydrogen (secondary N) is 2. The molecular formula is C11H18N4O. The molecule has 0 aliphatic rings. The van der Waals surface area contributed by atoms with Crippen LogP contribution >= 0.6 is 0 Å². The van der Waals surface area contributed by atoms with Gasteiger partial charge in [-0.05, 0) is 18.2 Å². The molecule has 5 heteroatoms. The molecular weight excluding hydrogens is 204 g/mol. The first-order valence-electron chi connectivity index (χ1n) is 5.28. The minimum atomic E-state index is -0.109. The van der Waals surface area contributed by atoms with Crippen LogP contribution in [0.15, 0.2) is 24.3 Å². The van der Waals surface area contributed by atoms with E-state index in [1.165, 1.54) is 0 Å².